The van der Waals surface area contributed by atoms with Gasteiger partial charge in [-0.3, -0.25) is 25.8 Å². The Morgan fingerprint density at radius 1 is 1.04 bits per heavy atom. The molecule has 3 amide bonds. The van der Waals surface area contributed by atoms with E-state index in [9.17, 15) is 14.4 Å². The van der Waals surface area contributed by atoms with Crippen molar-refractivity contribution in [2.45, 2.75) is 6.92 Å². The smallest absolute Gasteiger partial charge is 0.411 e. The minimum absolute atomic E-state index is 0.274. The van der Waals surface area contributed by atoms with Crippen LogP contribution >= 0.6 is 11.3 Å². The highest BCUT2D eigenvalue weighted by Crippen LogP contribution is 2.10. The molecule has 0 aliphatic rings. The molecule has 0 spiro atoms. The minimum Gasteiger partial charge on any atom is -0.450 e. The molecule has 23 heavy (non-hydrogen) atoms. The van der Waals surface area contributed by atoms with Gasteiger partial charge >= 0.3 is 6.09 Å². The van der Waals surface area contributed by atoms with Gasteiger partial charge in [0, 0.05) is 11.3 Å². The largest absolute Gasteiger partial charge is 0.450 e. The summed E-state index contributed by atoms with van der Waals surface area (Å²) in [6, 6.07) is 9.57. The van der Waals surface area contributed by atoms with E-state index in [1.54, 1.807) is 36.6 Å². The van der Waals surface area contributed by atoms with Crippen molar-refractivity contribution in [2.24, 2.45) is 0 Å². The monoisotopic (exact) mass is 333 g/mol. The summed E-state index contributed by atoms with van der Waals surface area (Å²) in [4.78, 5) is 35.4. The van der Waals surface area contributed by atoms with Crippen LogP contribution in [0.25, 0.3) is 0 Å². The van der Waals surface area contributed by atoms with E-state index in [0.717, 1.165) is 0 Å². The van der Waals surface area contributed by atoms with Gasteiger partial charge in [0.2, 0.25) is 0 Å². The van der Waals surface area contributed by atoms with Crippen molar-refractivity contribution >= 4 is 34.9 Å². The Bertz CT molecular complexity index is 683. The number of hydrogen-bond acceptors (Lipinski definition) is 5. The first-order valence-corrected chi connectivity index (χ1v) is 7.66. The van der Waals surface area contributed by atoms with Crippen molar-refractivity contribution in [2.75, 3.05) is 11.9 Å². The van der Waals surface area contributed by atoms with Crippen LogP contribution in [0.4, 0.5) is 10.5 Å². The van der Waals surface area contributed by atoms with Gasteiger partial charge in [-0.05, 0) is 42.6 Å². The number of hydrogen-bond donors (Lipinski definition) is 3. The number of benzene rings is 1. The Labute approximate surface area is 136 Å². The zero-order valence-electron chi connectivity index (χ0n) is 12.3. The molecule has 0 saturated heterocycles. The average molecular weight is 333 g/mol. The van der Waals surface area contributed by atoms with Gasteiger partial charge in [0.15, 0.2) is 0 Å². The van der Waals surface area contributed by atoms with Gasteiger partial charge in [0.25, 0.3) is 11.8 Å². The number of anilines is 1. The fourth-order valence-corrected chi connectivity index (χ4v) is 2.26. The molecule has 0 aliphatic heterocycles. The molecule has 1 aromatic carbocycles. The van der Waals surface area contributed by atoms with Gasteiger partial charge in [-0.1, -0.05) is 6.07 Å². The van der Waals surface area contributed by atoms with E-state index in [2.05, 4.69) is 16.2 Å². The highest BCUT2D eigenvalue weighted by Gasteiger charge is 2.10. The maximum Gasteiger partial charge on any atom is 0.411 e. The lowest BCUT2D eigenvalue weighted by Gasteiger charge is -2.08. The Morgan fingerprint density at radius 2 is 1.74 bits per heavy atom. The average Bonchev–Trinajstić information content (AvgIpc) is 3.07. The van der Waals surface area contributed by atoms with E-state index in [0.29, 0.717) is 16.1 Å². The first-order valence-electron chi connectivity index (χ1n) is 6.78. The molecule has 0 atom stereocenters. The molecule has 0 aliphatic carbocycles. The third-order valence-corrected chi connectivity index (χ3v) is 3.57. The van der Waals surface area contributed by atoms with Crippen LogP contribution in [0.3, 0.4) is 0 Å². The van der Waals surface area contributed by atoms with Gasteiger partial charge < -0.3 is 4.74 Å². The summed E-state index contributed by atoms with van der Waals surface area (Å²) in [7, 11) is 0. The fraction of sp³-hybridized carbons (Fsp3) is 0.133. The molecular formula is C15H15N3O4S. The summed E-state index contributed by atoms with van der Waals surface area (Å²) in [5.74, 6) is -0.841. The predicted molar refractivity (Wildman–Crippen MR) is 86.3 cm³/mol. The van der Waals surface area contributed by atoms with Crippen LogP contribution in [0.1, 0.15) is 27.0 Å². The summed E-state index contributed by atoms with van der Waals surface area (Å²) in [5, 5.41) is 4.29. The third-order valence-electron chi connectivity index (χ3n) is 2.70. The van der Waals surface area contributed by atoms with Crippen LogP contribution in [-0.2, 0) is 4.74 Å². The van der Waals surface area contributed by atoms with Crippen LogP contribution in [0.2, 0.25) is 0 Å². The maximum absolute atomic E-state index is 11.9. The van der Waals surface area contributed by atoms with Crippen molar-refractivity contribution < 1.29 is 19.1 Å². The van der Waals surface area contributed by atoms with E-state index in [-0.39, 0.29) is 12.5 Å². The number of ether oxygens (including phenoxy) is 1. The Kier molecular flexibility index (Phi) is 5.70. The lowest BCUT2D eigenvalue weighted by molar-refractivity contribution is 0.0849. The topological polar surface area (TPSA) is 96.5 Å². The molecule has 0 saturated carbocycles. The highest BCUT2D eigenvalue weighted by atomic mass is 32.1. The normalized spacial score (nSPS) is 9.78. The maximum atomic E-state index is 11.9. The SMILES string of the molecule is CCOC(=O)Nc1ccc(C(=O)NNC(=O)c2cccs2)cc1. The molecule has 2 aromatic rings. The number of carbonyl (C=O) groups excluding carboxylic acids is 3. The van der Waals surface area contributed by atoms with Gasteiger partial charge in [0.1, 0.15) is 0 Å². The number of rotatable bonds is 4. The summed E-state index contributed by atoms with van der Waals surface area (Å²) in [6.45, 7) is 1.98. The molecule has 1 heterocycles. The van der Waals surface area contributed by atoms with Crippen molar-refractivity contribution in [3.05, 3.63) is 52.2 Å². The summed E-state index contributed by atoms with van der Waals surface area (Å²) in [5.41, 5.74) is 5.49. The van der Waals surface area contributed by atoms with Gasteiger partial charge in [-0.25, -0.2) is 4.79 Å². The van der Waals surface area contributed by atoms with Gasteiger partial charge in [-0.2, -0.15) is 0 Å². The van der Waals surface area contributed by atoms with Crippen molar-refractivity contribution in [3.8, 4) is 0 Å². The second-order valence-electron chi connectivity index (χ2n) is 4.31. The second-order valence-corrected chi connectivity index (χ2v) is 5.26. The number of hydrazine groups is 1. The Balaban J connectivity index is 1.87. The standard InChI is InChI=1S/C15H15N3O4S/c1-2-22-15(21)16-11-7-5-10(6-8-11)13(19)17-18-14(20)12-4-3-9-23-12/h3-9H,2H2,1H3,(H,16,21)(H,17,19)(H,18,20). The zero-order valence-corrected chi connectivity index (χ0v) is 13.1. The molecular weight excluding hydrogens is 318 g/mol. The fourth-order valence-electron chi connectivity index (χ4n) is 1.65. The van der Waals surface area contributed by atoms with E-state index >= 15 is 0 Å². The number of carbonyl (C=O) groups is 3. The quantitative estimate of drug-likeness (QED) is 0.749. The molecule has 0 bridgehead atoms. The van der Waals surface area contributed by atoms with Crippen LogP contribution < -0.4 is 16.2 Å². The molecule has 0 unspecified atom stereocenters. The van der Waals surface area contributed by atoms with Crippen LogP contribution in [-0.4, -0.2) is 24.5 Å². The van der Waals surface area contributed by atoms with Gasteiger partial charge in [0.05, 0.1) is 11.5 Å². The first-order chi connectivity index (χ1) is 11.1. The van der Waals surface area contributed by atoms with Gasteiger partial charge in [-0.15, -0.1) is 11.3 Å². The molecule has 0 radical (unpaired) electrons. The molecule has 1 aromatic heterocycles. The summed E-state index contributed by atoms with van der Waals surface area (Å²) in [6.07, 6.45) is -0.562. The van der Waals surface area contributed by atoms with E-state index in [4.69, 9.17) is 4.74 Å². The Morgan fingerprint density at radius 3 is 2.35 bits per heavy atom. The van der Waals surface area contributed by atoms with Crippen molar-refractivity contribution in [1.29, 1.82) is 0 Å². The second kappa shape index (κ2) is 7.95. The lowest BCUT2D eigenvalue weighted by atomic mass is 10.2. The lowest BCUT2D eigenvalue weighted by Crippen LogP contribution is -2.41. The molecule has 3 N–H and O–H groups in total. The van der Waals surface area contributed by atoms with Crippen LogP contribution in [0, 0.1) is 0 Å². The molecule has 8 heteroatoms. The van der Waals surface area contributed by atoms with Crippen molar-refractivity contribution in [3.63, 3.8) is 0 Å². The van der Waals surface area contributed by atoms with E-state index in [1.807, 2.05) is 0 Å². The number of nitrogens with one attached hydrogen (secondary N) is 3. The number of thiophene rings is 1. The number of amides is 3. The molecule has 120 valence electrons. The summed E-state index contributed by atoms with van der Waals surface area (Å²) < 4.78 is 4.75. The van der Waals surface area contributed by atoms with E-state index < -0.39 is 12.0 Å². The molecule has 7 nitrogen and oxygen atoms in total. The molecule has 2 rings (SSSR count). The minimum atomic E-state index is -0.562. The molecule has 0 fully saturated rings. The predicted octanol–water partition coefficient (Wildman–Crippen LogP) is 2.39. The van der Waals surface area contributed by atoms with Crippen molar-refractivity contribution in [1.82, 2.24) is 10.9 Å². The Hall–Kier alpha value is -2.87. The van der Waals surface area contributed by atoms with Crippen LogP contribution in [0.5, 0.6) is 0 Å². The van der Waals surface area contributed by atoms with Crippen LogP contribution in [0.15, 0.2) is 41.8 Å². The highest BCUT2D eigenvalue weighted by molar-refractivity contribution is 7.12. The zero-order chi connectivity index (χ0) is 16.7. The summed E-state index contributed by atoms with van der Waals surface area (Å²) >= 11 is 1.27. The third kappa shape index (κ3) is 4.82. The first kappa shape index (κ1) is 16.5. The van der Waals surface area contributed by atoms with E-state index in [1.165, 1.54) is 23.5 Å².